The molecule has 1 amide bonds. The molecule has 3 rings (SSSR count). The topological polar surface area (TPSA) is 83.2 Å². The van der Waals surface area contributed by atoms with Crippen LogP contribution in [0.15, 0.2) is 59.6 Å². The number of hydrogen-bond donors (Lipinski definition) is 2. The van der Waals surface area contributed by atoms with Crippen LogP contribution < -0.4 is 20.7 Å². The summed E-state index contributed by atoms with van der Waals surface area (Å²) in [7, 11) is 0. The Bertz CT molecular complexity index is 887. The first-order chi connectivity index (χ1) is 14.8. The Balaban J connectivity index is 0.00000363. The zero-order valence-electron chi connectivity index (χ0n) is 17.2. The predicted molar refractivity (Wildman–Crippen MR) is 127 cm³/mol. The SMILES string of the molecule is I.NC(=NCc1ccc(OC(F)(F)F)cc1)NCC(=O)N1CCN(c2ccccc2)CC1. The number of carbonyl (C=O) groups excluding carboxylic acids is 1. The molecule has 0 atom stereocenters. The summed E-state index contributed by atoms with van der Waals surface area (Å²) in [6.07, 6.45) is -4.73. The molecule has 7 nitrogen and oxygen atoms in total. The summed E-state index contributed by atoms with van der Waals surface area (Å²) >= 11 is 0. The van der Waals surface area contributed by atoms with Crippen molar-refractivity contribution in [2.24, 2.45) is 10.7 Å². The second kappa shape index (κ2) is 11.8. The first-order valence-corrected chi connectivity index (χ1v) is 9.76. The molecule has 0 aromatic heterocycles. The monoisotopic (exact) mass is 563 g/mol. The number of anilines is 1. The number of aliphatic imine (C=N–C) groups is 1. The van der Waals surface area contributed by atoms with E-state index in [1.165, 1.54) is 24.3 Å². The Morgan fingerprint density at radius 1 is 1.03 bits per heavy atom. The molecule has 0 radical (unpaired) electrons. The standard InChI is InChI=1S/C21H24F3N5O2.HI/c22-21(23,24)31-18-8-6-16(7-9-18)14-26-20(25)27-15-19(30)29-12-10-28(11-13-29)17-4-2-1-3-5-17;/h1-9H,10-15H2,(H3,25,26,27);1H. The van der Waals surface area contributed by atoms with E-state index in [9.17, 15) is 18.0 Å². The highest BCUT2D eigenvalue weighted by molar-refractivity contribution is 14.0. The molecule has 1 saturated heterocycles. The number of nitrogens with zero attached hydrogens (tertiary/aromatic N) is 3. The summed E-state index contributed by atoms with van der Waals surface area (Å²) < 4.78 is 40.3. The van der Waals surface area contributed by atoms with Crippen molar-refractivity contribution in [3.63, 3.8) is 0 Å². The summed E-state index contributed by atoms with van der Waals surface area (Å²) in [4.78, 5) is 20.5. The van der Waals surface area contributed by atoms with Gasteiger partial charge in [0.2, 0.25) is 5.91 Å². The summed E-state index contributed by atoms with van der Waals surface area (Å²) in [5.41, 5.74) is 7.59. The Labute approximate surface area is 201 Å². The van der Waals surface area contributed by atoms with E-state index < -0.39 is 6.36 Å². The number of nitrogens with two attached hydrogens (primary N) is 1. The van der Waals surface area contributed by atoms with E-state index in [1.807, 2.05) is 30.3 Å². The quantitative estimate of drug-likeness (QED) is 0.321. The van der Waals surface area contributed by atoms with Crippen molar-refractivity contribution in [3.8, 4) is 5.75 Å². The molecular weight excluding hydrogens is 538 g/mol. The van der Waals surface area contributed by atoms with Crippen LogP contribution in [-0.4, -0.2) is 55.9 Å². The number of guanidine groups is 1. The van der Waals surface area contributed by atoms with Crippen LogP contribution in [0.4, 0.5) is 18.9 Å². The maximum absolute atomic E-state index is 12.4. The summed E-state index contributed by atoms with van der Waals surface area (Å²) in [5.74, 6) is -0.282. The lowest BCUT2D eigenvalue weighted by molar-refractivity contribution is -0.274. The third-order valence-electron chi connectivity index (χ3n) is 4.76. The molecule has 2 aromatic carbocycles. The molecule has 1 fully saturated rings. The van der Waals surface area contributed by atoms with Crippen molar-refractivity contribution < 1.29 is 22.7 Å². The van der Waals surface area contributed by atoms with Gasteiger partial charge in [-0.2, -0.15) is 0 Å². The fraction of sp³-hybridized carbons (Fsp3) is 0.333. The summed E-state index contributed by atoms with van der Waals surface area (Å²) in [6.45, 7) is 2.95. The van der Waals surface area contributed by atoms with E-state index in [4.69, 9.17) is 5.73 Å². The number of ether oxygens (including phenoxy) is 1. The van der Waals surface area contributed by atoms with E-state index in [0.717, 1.165) is 18.8 Å². The molecule has 1 heterocycles. The van der Waals surface area contributed by atoms with Crippen molar-refractivity contribution >= 4 is 41.5 Å². The van der Waals surface area contributed by atoms with Crippen LogP contribution in [0.2, 0.25) is 0 Å². The number of alkyl halides is 3. The van der Waals surface area contributed by atoms with Gasteiger partial charge in [0.15, 0.2) is 5.96 Å². The highest BCUT2D eigenvalue weighted by atomic mass is 127. The first-order valence-electron chi connectivity index (χ1n) is 9.76. The van der Waals surface area contributed by atoms with Crippen molar-refractivity contribution in [1.82, 2.24) is 10.2 Å². The van der Waals surface area contributed by atoms with Crippen LogP contribution in [0, 0.1) is 0 Å². The van der Waals surface area contributed by atoms with Gasteiger partial charge in [0, 0.05) is 31.9 Å². The molecule has 11 heteroatoms. The van der Waals surface area contributed by atoms with Crippen LogP contribution in [0.25, 0.3) is 0 Å². The Hall–Kier alpha value is -2.70. The van der Waals surface area contributed by atoms with Gasteiger partial charge >= 0.3 is 6.36 Å². The zero-order valence-corrected chi connectivity index (χ0v) is 19.5. The normalized spacial score (nSPS) is 14.5. The Morgan fingerprint density at radius 3 is 2.25 bits per heavy atom. The molecule has 0 spiro atoms. The minimum atomic E-state index is -4.73. The van der Waals surface area contributed by atoms with Crippen LogP contribution in [0.3, 0.4) is 0 Å². The van der Waals surface area contributed by atoms with Crippen molar-refractivity contribution in [2.45, 2.75) is 12.9 Å². The fourth-order valence-corrected chi connectivity index (χ4v) is 3.16. The number of piperazine rings is 1. The maximum atomic E-state index is 12.4. The smallest absolute Gasteiger partial charge is 0.406 e. The van der Waals surface area contributed by atoms with Crippen LogP contribution in [-0.2, 0) is 11.3 Å². The first kappa shape index (κ1) is 25.6. The second-order valence-electron chi connectivity index (χ2n) is 6.95. The molecule has 3 N–H and O–H groups in total. The molecule has 0 aliphatic carbocycles. The Kier molecular flexibility index (Phi) is 9.42. The molecular formula is C21H25F3IN5O2. The lowest BCUT2D eigenvalue weighted by atomic mass is 10.2. The third kappa shape index (κ3) is 8.09. The number of amides is 1. The van der Waals surface area contributed by atoms with Gasteiger partial charge in [-0.1, -0.05) is 30.3 Å². The molecule has 0 saturated carbocycles. The molecule has 1 aliphatic heterocycles. The lowest BCUT2D eigenvalue weighted by Crippen LogP contribution is -2.51. The van der Waals surface area contributed by atoms with Gasteiger partial charge < -0.3 is 25.6 Å². The largest absolute Gasteiger partial charge is 0.573 e. The lowest BCUT2D eigenvalue weighted by Gasteiger charge is -2.36. The number of benzene rings is 2. The van der Waals surface area contributed by atoms with Gasteiger partial charge in [0.05, 0.1) is 13.1 Å². The number of nitrogens with one attached hydrogen (secondary N) is 1. The molecule has 1 aliphatic rings. The molecule has 0 unspecified atom stereocenters. The van der Waals surface area contributed by atoms with E-state index >= 15 is 0 Å². The van der Waals surface area contributed by atoms with Gasteiger partial charge in [-0.25, -0.2) is 4.99 Å². The van der Waals surface area contributed by atoms with Crippen LogP contribution in [0.5, 0.6) is 5.75 Å². The molecule has 174 valence electrons. The molecule has 32 heavy (non-hydrogen) atoms. The van der Waals surface area contributed by atoms with Crippen molar-refractivity contribution in [3.05, 3.63) is 60.2 Å². The summed E-state index contributed by atoms with van der Waals surface area (Å²) in [6, 6.07) is 15.4. The van der Waals surface area contributed by atoms with Crippen LogP contribution in [0.1, 0.15) is 5.56 Å². The Morgan fingerprint density at radius 2 is 1.66 bits per heavy atom. The average molecular weight is 563 g/mol. The third-order valence-corrected chi connectivity index (χ3v) is 4.76. The minimum Gasteiger partial charge on any atom is -0.406 e. The van der Waals surface area contributed by atoms with E-state index in [0.29, 0.717) is 18.7 Å². The van der Waals surface area contributed by atoms with E-state index in [-0.39, 0.29) is 54.7 Å². The predicted octanol–water partition coefficient (Wildman–Crippen LogP) is 2.96. The van der Waals surface area contributed by atoms with Crippen LogP contribution >= 0.6 is 24.0 Å². The highest BCUT2D eigenvalue weighted by Gasteiger charge is 2.30. The minimum absolute atomic E-state index is 0. The van der Waals surface area contributed by atoms with Gasteiger partial charge in [-0.3, -0.25) is 4.79 Å². The number of halogens is 4. The average Bonchev–Trinajstić information content (AvgIpc) is 2.76. The van der Waals surface area contributed by atoms with Crippen molar-refractivity contribution in [1.29, 1.82) is 0 Å². The number of hydrogen-bond acceptors (Lipinski definition) is 4. The van der Waals surface area contributed by atoms with Gasteiger partial charge in [0.1, 0.15) is 5.75 Å². The van der Waals surface area contributed by atoms with E-state index in [1.54, 1.807) is 4.90 Å². The highest BCUT2D eigenvalue weighted by Crippen LogP contribution is 2.22. The van der Waals surface area contributed by atoms with E-state index in [2.05, 4.69) is 19.9 Å². The van der Waals surface area contributed by atoms with Crippen molar-refractivity contribution in [2.75, 3.05) is 37.6 Å². The van der Waals surface area contributed by atoms with Gasteiger partial charge in [-0.15, -0.1) is 37.1 Å². The number of rotatable bonds is 6. The number of para-hydroxylation sites is 1. The zero-order chi connectivity index (χ0) is 22.3. The molecule has 2 aromatic rings. The van der Waals surface area contributed by atoms with Gasteiger partial charge in [0.25, 0.3) is 0 Å². The fourth-order valence-electron chi connectivity index (χ4n) is 3.16. The summed E-state index contributed by atoms with van der Waals surface area (Å²) in [5, 5.41) is 2.78. The molecule has 0 bridgehead atoms. The second-order valence-corrected chi connectivity index (χ2v) is 6.95. The van der Waals surface area contributed by atoms with Gasteiger partial charge in [-0.05, 0) is 29.8 Å². The maximum Gasteiger partial charge on any atom is 0.573 e. The number of carbonyl (C=O) groups is 1.